The van der Waals surface area contributed by atoms with Gasteiger partial charge in [0.15, 0.2) is 0 Å². The highest BCUT2D eigenvalue weighted by Gasteiger charge is 2.33. The summed E-state index contributed by atoms with van der Waals surface area (Å²) in [6, 6.07) is 4.45. The summed E-state index contributed by atoms with van der Waals surface area (Å²) in [5.41, 5.74) is 5.02. The van der Waals surface area contributed by atoms with Crippen LogP contribution in [0.5, 0.6) is 0 Å². The Morgan fingerprint density at radius 3 is 2.63 bits per heavy atom. The second kappa shape index (κ2) is 7.77. The van der Waals surface area contributed by atoms with Gasteiger partial charge in [-0.3, -0.25) is 0 Å². The van der Waals surface area contributed by atoms with Gasteiger partial charge in [-0.1, -0.05) is 6.07 Å². The Balaban J connectivity index is 2.80. The van der Waals surface area contributed by atoms with E-state index in [1.54, 1.807) is 13.2 Å². The molecule has 1 aromatic carbocycles. The first-order valence-electron chi connectivity index (χ1n) is 6.01. The highest BCUT2D eigenvalue weighted by Crippen LogP contribution is 2.35. The molecule has 0 aliphatic carbocycles. The minimum atomic E-state index is -4.33. The quantitative estimate of drug-likeness (QED) is 0.618. The molecule has 0 aliphatic heterocycles. The van der Waals surface area contributed by atoms with Gasteiger partial charge >= 0.3 is 6.18 Å². The number of rotatable bonds is 7. The molecule has 2 N–H and O–H groups in total. The molecule has 0 saturated heterocycles. The normalized spacial score (nSPS) is 11.8. The molecule has 0 atom stereocenters. The molecule has 0 heterocycles. The fourth-order valence-electron chi connectivity index (χ4n) is 1.68. The predicted molar refractivity (Wildman–Crippen MR) is 71.4 cm³/mol. The summed E-state index contributed by atoms with van der Waals surface area (Å²) >= 11 is 1.41. The van der Waals surface area contributed by atoms with Gasteiger partial charge in [0.05, 0.1) is 5.56 Å². The van der Waals surface area contributed by atoms with Crippen molar-refractivity contribution in [3.8, 4) is 0 Å². The van der Waals surface area contributed by atoms with E-state index in [-0.39, 0.29) is 18.5 Å². The summed E-state index contributed by atoms with van der Waals surface area (Å²) in [4.78, 5) is 0.629. The molecule has 0 spiro atoms. The van der Waals surface area contributed by atoms with Crippen molar-refractivity contribution in [2.75, 3.05) is 26.0 Å². The smallest absolute Gasteiger partial charge is 0.385 e. The number of benzene rings is 1. The van der Waals surface area contributed by atoms with Crippen molar-refractivity contribution in [1.29, 1.82) is 0 Å². The SMILES string of the molecule is COCCCSc1ccc(CCN)c(C(F)(F)F)c1. The molecular weight excluding hydrogens is 275 g/mol. The lowest BCUT2D eigenvalue weighted by Gasteiger charge is -2.14. The minimum Gasteiger partial charge on any atom is -0.385 e. The van der Waals surface area contributed by atoms with Crippen molar-refractivity contribution in [1.82, 2.24) is 0 Å². The van der Waals surface area contributed by atoms with E-state index in [9.17, 15) is 13.2 Å². The summed E-state index contributed by atoms with van der Waals surface area (Å²) in [5, 5.41) is 0. The van der Waals surface area contributed by atoms with Gasteiger partial charge in [-0.15, -0.1) is 11.8 Å². The van der Waals surface area contributed by atoms with Crippen LogP contribution in [0.3, 0.4) is 0 Å². The largest absolute Gasteiger partial charge is 0.416 e. The lowest BCUT2D eigenvalue weighted by molar-refractivity contribution is -0.138. The van der Waals surface area contributed by atoms with E-state index < -0.39 is 11.7 Å². The van der Waals surface area contributed by atoms with E-state index in [1.165, 1.54) is 23.9 Å². The van der Waals surface area contributed by atoms with Crippen LogP contribution < -0.4 is 5.73 Å². The van der Waals surface area contributed by atoms with Gasteiger partial charge in [0, 0.05) is 24.4 Å². The summed E-state index contributed by atoms with van der Waals surface area (Å²) < 4.78 is 43.7. The van der Waals surface area contributed by atoms with Crippen LogP contribution in [0.1, 0.15) is 17.5 Å². The van der Waals surface area contributed by atoms with Gasteiger partial charge in [-0.25, -0.2) is 0 Å². The zero-order chi connectivity index (χ0) is 14.3. The molecule has 6 heteroatoms. The van der Waals surface area contributed by atoms with Crippen molar-refractivity contribution in [2.45, 2.75) is 23.9 Å². The van der Waals surface area contributed by atoms with Gasteiger partial charge in [-0.05, 0) is 37.1 Å². The number of ether oxygens (including phenoxy) is 1. The molecule has 108 valence electrons. The predicted octanol–water partition coefficient (Wildman–Crippen LogP) is 3.34. The summed E-state index contributed by atoms with van der Waals surface area (Å²) in [7, 11) is 1.61. The third kappa shape index (κ3) is 5.42. The summed E-state index contributed by atoms with van der Waals surface area (Å²) in [6.45, 7) is 0.827. The first-order chi connectivity index (χ1) is 8.99. The average molecular weight is 293 g/mol. The molecule has 0 fully saturated rings. The second-order valence-corrected chi connectivity index (χ2v) is 5.22. The molecule has 2 nitrogen and oxygen atoms in total. The standard InChI is InChI=1S/C13H18F3NOS/c1-18-7-2-8-19-11-4-3-10(5-6-17)12(9-11)13(14,15)16/h3-4,9H,2,5-8,17H2,1H3. The molecule has 0 aromatic heterocycles. The first-order valence-corrected chi connectivity index (χ1v) is 6.99. The zero-order valence-corrected chi connectivity index (χ0v) is 11.6. The number of thioether (sulfide) groups is 1. The van der Waals surface area contributed by atoms with Gasteiger partial charge in [-0.2, -0.15) is 13.2 Å². The molecular formula is C13H18F3NOS. The van der Waals surface area contributed by atoms with Crippen LogP contribution in [-0.2, 0) is 17.3 Å². The zero-order valence-electron chi connectivity index (χ0n) is 10.8. The van der Waals surface area contributed by atoms with Crippen LogP contribution in [0.4, 0.5) is 13.2 Å². The maximum absolute atomic E-state index is 12.9. The minimum absolute atomic E-state index is 0.212. The Hall–Kier alpha value is -0.720. The highest BCUT2D eigenvalue weighted by atomic mass is 32.2. The molecule has 0 amide bonds. The number of hydrogen-bond acceptors (Lipinski definition) is 3. The van der Waals surface area contributed by atoms with Gasteiger partial charge in [0.25, 0.3) is 0 Å². The van der Waals surface area contributed by atoms with Crippen molar-refractivity contribution in [3.05, 3.63) is 29.3 Å². The van der Waals surface area contributed by atoms with Crippen molar-refractivity contribution in [2.24, 2.45) is 5.73 Å². The molecule has 1 aromatic rings. The number of nitrogens with two attached hydrogens (primary N) is 1. The Morgan fingerprint density at radius 2 is 2.05 bits per heavy atom. The number of methoxy groups -OCH3 is 1. The van der Waals surface area contributed by atoms with Gasteiger partial charge < -0.3 is 10.5 Å². The number of hydrogen-bond donors (Lipinski definition) is 1. The molecule has 0 unspecified atom stereocenters. The fourth-order valence-corrected chi connectivity index (χ4v) is 2.54. The van der Waals surface area contributed by atoms with Gasteiger partial charge in [0.1, 0.15) is 0 Å². The second-order valence-electron chi connectivity index (χ2n) is 4.05. The average Bonchev–Trinajstić information content (AvgIpc) is 2.35. The lowest BCUT2D eigenvalue weighted by Crippen LogP contribution is -2.12. The van der Waals surface area contributed by atoms with Gasteiger partial charge in [0.2, 0.25) is 0 Å². The molecule has 1 rings (SSSR count). The van der Waals surface area contributed by atoms with E-state index in [1.807, 2.05) is 0 Å². The van der Waals surface area contributed by atoms with Crippen LogP contribution in [0.2, 0.25) is 0 Å². The number of alkyl halides is 3. The Bertz CT molecular complexity index is 396. The van der Waals surface area contributed by atoms with E-state index >= 15 is 0 Å². The maximum atomic E-state index is 12.9. The van der Waals surface area contributed by atoms with Crippen molar-refractivity contribution >= 4 is 11.8 Å². The molecule has 19 heavy (non-hydrogen) atoms. The van der Waals surface area contributed by atoms with Crippen LogP contribution >= 0.6 is 11.8 Å². The van der Waals surface area contributed by atoms with E-state index in [0.29, 0.717) is 11.5 Å². The molecule has 0 radical (unpaired) electrons. The van der Waals surface area contributed by atoms with Crippen LogP contribution in [0, 0.1) is 0 Å². The first kappa shape index (κ1) is 16.3. The topological polar surface area (TPSA) is 35.2 Å². The van der Waals surface area contributed by atoms with Crippen LogP contribution in [0.25, 0.3) is 0 Å². The Morgan fingerprint density at radius 1 is 1.32 bits per heavy atom. The molecule has 0 aliphatic rings. The van der Waals surface area contributed by atoms with Crippen molar-refractivity contribution < 1.29 is 17.9 Å². The maximum Gasteiger partial charge on any atom is 0.416 e. The Labute approximate surface area is 115 Å². The monoisotopic (exact) mass is 293 g/mol. The molecule has 0 bridgehead atoms. The van der Waals surface area contributed by atoms with E-state index in [2.05, 4.69) is 0 Å². The van der Waals surface area contributed by atoms with Crippen LogP contribution in [0.15, 0.2) is 23.1 Å². The van der Waals surface area contributed by atoms with E-state index in [4.69, 9.17) is 10.5 Å². The Kier molecular flexibility index (Phi) is 6.68. The summed E-state index contributed by atoms with van der Waals surface area (Å²) in [5.74, 6) is 0.737. The lowest BCUT2D eigenvalue weighted by atomic mass is 10.0. The third-order valence-electron chi connectivity index (χ3n) is 2.56. The highest BCUT2D eigenvalue weighted by molar-refractivity contribution is 7.99. The molecule has 0 saturated carbocycles. The van der Waals surface area contributed by atoms with Crippen LogP contribution in [-0.4, -0.2) is 26.0 Å². The third-order valence-corrected chi connectivity index (χ3v) is 3.64. The summed E-state index contributed by atoms with van der Waals surface area (Å²) in [6.07, 6.45) is -3.27. The van der Waals surface area contributed by atoms with E-state index in [0.717, 1.165) is 12.2 Å². The number of halogens is 3. The van der Waals surface area contributed by atoms with Crippen molar-refractivity contribution in [3.63, 3.8) is 0 Å². The fraction of sp³-hybridized carbons (Fsp3) is 0.538.